The van der Waals surface area contributed by atoms with Gasteiger partial charge in [-0.3, -0.25) is 0 Å². The first kappa shape index (κ1) is 40.5. The Hall–Kier alpha value is -6.58. The van der Waals surface area contributed by atoms with Crippen molar-refractivity contribution in [3.8, 4) is 33.6 Å². The molecule has 0 saturated heterocycles. The largest absolute Gasteiger partial charge is 0.310 e. The van der Waals surface area contributed by atoms with Crippen LogP contribution in [-0.2, 0) is 5.41 Å². The molecule has 0 fully saturated rings. The number of nitrogens with zero attached hydrogens (tertiary/aromatic N) is 2. The van der Waals surface area contributed by atoms with Crippen LogP contribution in [0.3, 0.4) is 0 Å². The monoisotopic (exact) mass is 878 g/mol. The number of benzene rings is 8. The third kappa shape index (κ3) is 4.85. The van der Waals surface area contributed by atoms with E-state index in [4.69, 9.17) is 0 Å². The van der Waals surface area contributed by atoms with Crippen LogP contribution in [0.2, 0.25) is 0 Å². The highest BCUT2D eigenvalue weighted by molar-refractivity contribution is 7.00. The van der Waals surface area contributed by atoms with Crippen molar-refractivity contribution in [3.05, 3.63) is 184 Å². The van der Waals surface area contributed by atoms with E-state index in [1.54, 1.807) is 0 Å². The molecule has 0 N–H and O–H groups in total. The summed E-state index contributed by atoms with van der Waals surface area (Å²) in [5.41, 5.74) is 28.8. The molecule has 4 unspecified atom stereocenters. The van der Waals surface area contributed by atoms with Crippen LogP contribution in [0.25, 0.3) is 77.2 Å². The molecule has 0 radical (unpaired) electrons. The van der Waals surface area contributed by atoms with Crippen molar-refractivity contribution in [3.63, 3.8) is 0 Å². The fraction of sp³-hybridized carbons (Fsp3) is 0.262. The number of aromatic nitrogens is 2. The summed E-state index contributed by atoms with van der Waals surface area (Å²) in [6.45, 7) is 19.2. The van der Waals surface area contributed by atoms with E-state index in [2.05, 4.69) is 204 Å². The Morgan fingerprint density at radius 2 is 0.912 bits per heavy atom. The van der Waals surface area contributed by atoms with Crippen molar-refractivity contribution in [2.75, 3.05) is 0 Å². The van der Waals surface area contributed by atoms with E-state index < -0.39 is 5.41 Å². The molecule has 4 atom stereocenters. The maximum atomic E-state index is 2.82. The first-order valence-corrected chi connectivity index (χ1v) is 26.0. The molecule has 14 rings (SSSR count). The van der Waals surface area contributed by atoms with E-state index in [0.29, 0.717) is 23.7 Å². The zero-order chi connectivity index (χ0) is 46.1. The SMILES string of the molecule is CCC(C)c1ccc2c(c1)c1cc(C(C)CC)cc3c1n2-c1c(-c2ccccc2)cc2c4c1B3c1cc(C(C)CC)cc3c5cc(C(C)CC)cc(c5n-4c13)C21c2ccccc2-c2ccccc21. The Balaban J connectivity index is 1.29. The van der Waals surface area contributed by atoms with E-state index in [1.165, 1.54) is 138 Å². The Bertz CT molecular complexity index is 3780. The second kappa shape index (κ2) is 14.2. The quantitative estimate of drug-likeness (QED) is 0.128. The maximum absolute atomic E-state index is 2.82. The summed E-state index contributed by atoms with van der Waals surface area (Å²) in [6, 6.07) is 56.3. The maximum Gasteiger partial charge on any atom is 0.252 e. The van der Waals surface area contributed by atoms with E-state index in [1.807, 2.05) is 0 Å². The van der Waals surface area contributed by atoms with Crippen LogP contribution < -0.4 is 16.4 Å². The molecule has 332 valence electrons. The van der Waals surface area contributed by atoms with Crippen LogP contribution in [0.4, 0.5) is 0 Å². The molecule has 10 aromatic rings. The molecule has 3 aliphatic heterocycles. The lowest BCUT2D eigenvalue weighted by Gasteiger charge is -2.45. The summed E-state index contributed by atoms with van der Waals surface area (Å²) < 4.78 is 5.57. The molecule has 4 aliphatic rings. The van der Waals surface area contributed by atoms with Crippen LogP contribution in [0.15, 0.2) is 140 Å². The van der Waals surface area contributed by atoms with Crippen molar-refractivity contribution in [2.24, 2.45) is 0 Å². The molecule has 0 amide bonds. The number of fused-ring (bicyclic) bond motifs is 14. The van der Waals surface area contributed by atoms with Crippen molar-refractivity contribution in [2.45, 2.75) is 110 Å². The van der Waals surface area contributed by atoms with Gasteiger partial charge in [0.05, 0.1) is 22.1 Å². The molecule has 0 bridgehead atoms. The van der Waals surface area contributed by atoms with Gasteiger partial charge in [0.25, 0.3) is 6.71 Å². The fourth-order valence-corrected chi connectivity index (χ4v) is 13.9. The van der Waals surface area contributed by atoms with Crippen molar-refractivity contribution in [1.82, 2.24) is 9.13 Å². The number of hydrogen-bond acceptors (Lipinski definition) is 0. The van der Waals surface area contributed by atoms with E-state index in [0.717, 1.165) is 25.7 Å². The van der Waals surface area contributed by atoms with Gasteiger partial charge < -0.3 is 9.13 Å². The van der Waals surface area contributed by atoms with E-state index >= 15 is 0 Å². The minimum atomic E-state index is -0.549. The average Bonchev–Trinajstić information content (AvgIpc) is 4.01. The van der Waals surface area contributed by atoms with Crippen LogP contribution in [0.5, 0.6) is 0 Å². The summed E-state index contributed by atoms with van der Waals surface area (Å²) in [5.74, 6) is 1.73. The number of hydrogen-bond donors (Lipinski definition) is 0. The van der Waals surface area contributed by atoms with Crippen LogP contribution in [0, 0.1) is 0 Å². The predicted molar refractivity (Wildman–Crippen MR) is 291 cm³/mol. The normalized spacial score (nSPS) is 16.0. The summed E-state index contributed by atoms with van der Waals surface area (Å²) in [5, 5.41) is 5.60. The Morgan fingerprint density at radius 3 is 1.51 bits per heavy atom. The van der Waals surface area contributed by atoms with Gasteiger partial charge in [-0.25, -0.2) is 0 Å². The summed E-state index contributed by atoms with van der Waals surface area (Å²) in [7, 11) is 0. The van der Waals surface area contributed by atoms with Gasteiger partial charge in [0.2, 0.25) is 0 Å². The summed E-state index contributed by atoms with van der Waals surface area (Å²) >= 11 is 0. The van der Waals surface area contributed by atoms with Gasteiger partial charge in [0.1, 0.15) is 0 Å². The lowest BCUT2D eigenvalue weighted by molar-refractivity contribution is 0.717. The van der Waals surface area contributed by atoms with Gasteiger partial charge in [-0.2, -0.15) is 0 Å². The van der Waals surface area contributed by atoms with Crippen molar-refractivity contribution >= 4 is 66.7 Å². The molecule has 1 aliphatic carbocycles. The average molecular weight is 879 g/mol. The van der Waals surface area contributed by atoms with Gasteiger partial charge in [-0.1, -0.05) is 159 Å². The van der Waals surface area contributed by atoms with E-state index in [9.17, 15) is 0 Å². The Labute approximate surface area is 401 Å². The molecule has 2 nitrogen and oxygen atoms in total. The van der Waals surface area contributed by atoms with Crippen molar-refractivity contribution in [1.29, 1.82) is 0 Å². The number of rotatable bonds is 9. The molecule has 3 heteroatoms. The van der Waals surface area contributed by atoms with Crippen LogP contribution >= 0.6 is 0 Å². The minimum Gasteiger partial charge on any atom is -0.310 e. The Morgan fingerprint density at radius 1 is 0.412 bits per heavy atom. The molecular weight excluding hydrogens is 820 g/mol. The topological polar surface area (TPSA) is 9.86 Å². The van der Waals surface area contributed by atoms with Gasteiger partial charge in [-0.05, 0) is 163 Å². The standard InChI is InChI=1S/C65H59BN2/c1-9-36(5)41-26-27-58-48(28-41)49-30-43(38(7)11-3)33-56-61(49)67(58)63-47(40-20-14-13-15-21-40)35-55-64-59(63)66(56)57-34-44(39(8)12-4)31-51-50-29-42(37(6)10-2)32-54(60(50)68(64)62(51)57)65(55)52-24-18-16-22-45(52)46-23-17-19-25-53(46)65/h13-39H,9-12H2,1-8H3. The second-order valence-corrected chi connectivity index (χ2v) is 21.4. The smallest absolute Gasteiger partial charge is 0.252 e. The van der Waals surface area contributed by atoms with E-state index in [-0.39, 0.29) is 6.71 Å². The molecule has 0 saturated carbocycles. The lowest BCUT2D eigenvalue weighted by atomic mass is 9.33. The molecule has 1 spiro atoms. The third-order valence-electron chi connectivity index (χ3n) is 18.2. The van der Waals surface area contributed by atoms with Gasteiger partial charge in [0, 0.05) is 43.8 Å². The molecule has 68 heavy (non-hydrogen) atoms. The van der Waals surface area contributed by atoms with Gasteiger partial charge >= 0.3 is 0 Å². The zero-order valence-electron chi connectivity index (χ0n) is 40.9. The zero-order valence-corrected chi connectivity index (χ0v) is 40.9. The second-order valence-electron chi connectivity index (χ2n) is 21.4. The lowest BCUT2D eigenvalue weighted by Crippen LogP contribution is -2.61. The summed E-state index contributed by atoms with van der Waals surface area (Å²) in [4.78, 5) is 0. The third-order valence-corrected chi connectivity index (χ3v) is 18.2. The van der Waals surface area contributed by atoms with Gasteiger partial charge in [0.15, 0.2) is 0 Å². The van der Waals surface area contributed by atoms with Crippen LogP contribution in [-0.4, -0.2) is 15.8 Å². The summed E-state index contributed by atoms with van der Waals surface area (Å²) in [6.07, 6.45) is 4.40. The predicted octanol–water partition coefficient (Wildman–Crippen LogP) is 15.4. The highest BCUT2D eigenvalue weighted by atomic mass is 15.1. The highest BCUT2D eigenvalue weighted by Gasteiger charge is 2.55. The Kier molecular flexibility index (Phi) is 8.48. The fourth-order valence-electron chi connectivity index (χ4n) is 13.9. The molecule has 2 aromatic heterocycles. The molecule has 8 aromatic carbocycles. The molecular formula is C65H59BN2. The first-order valence-electron chi connectivity index (χ1n) is 26.0. The van der Waals surface area contributed by atoms with Crippen LogP contribution in [0.1, 0.15) is 149 Å². The first-order chi connectivity index (χ1) is 33.2. The minimum absolute atomic E-state index is 0.0302. The molecule has 5 heterocycles. The highest BCUT2D eigenvalue weighted by Crippen LogP contribution is 2.63. The van der Waals surface area contributed by atoms with Gasteiger partial charge in [-0.15, -0.1) is 0 Å². The van der Waals surface area contributed by atoms with Crippen molar-refractivity contribution < 1.29 is 0 Å².